The summed E-state index contributed by atoms with van der Waals surface area (Å²) in [5.74, 6) is -0.0752. The minimum Gasteiger partial charge on any atom is -0.374 e. The molecule has 0 atom stereocenters. The van der Waals surface area contributed by atoms with Gasteiger partial charge < -0.3 is 14.8 Å². The van der Waals surface area contributed by atoms with Gasteiger partial charge in [0.15, 0.2) is 5.43 Å². The maximum absolute atomic E-state index is 12.9. The van der Waals surface area contributed by atoms with Crippen molar-refractivity contribution < 1.29 is 4.79 Å². The number of carbonyl (C=O) groups excluding carboxylic acids is 1. The van der Waals surface area contributed by atoms with Crippen LogP contribution in [0.15, 0.2) is 71.5 Å². The number of pyridine rings is 1. The summed E-state index contributed by atoms with van der Waals surface area (Å²) < 4.78 is 1.93. The highest BCUT2D eigenvalue weighted by Gasteiger charge is 2.15. The van der Waals surface area contributed by atoms with E-state index in [1.807, 2.05) is 53.1 Å². The maximum Gasteiger partial charge on any atom is 0.240 e. The largest absolute Gasteiger partial charge is 0.374 e. The highest BCUT2D eigenvalue weighted by Crippen LogP contribution is 2.26. The molecule has 1 N–H and O–H groups in total. The molecule has 5 heteroatoms. The lowest BCUT2D eigenvalue weighted by Crippen LogP contribution is -2.28. The van der Waals surface area contributed by atoms with Crippen LogP contribution in [0.25, 0.3) is 21.8 Å². The molecule has 1 aliphatic rings. The molecule has 5 nitrogen and oxygen atoms in total. The number of carbonyl (C=O) groups is 1. The number of fused-ring (bicyclic) bond motifs is 3. The van der Waals surface area contributed by atoms with Crippen molar-refractivity contribution in [3.63, 3.8) is 0 Å². The first kappa shape index (κ1) is 19.4. The van der Waals surface area contributed by atoms with E-state index in [-0.39, 0.29) is 17.9 Å². The van der Waals surface area contributed by atoms with E-state index in [0.717, 1.165) is 36.0 Å². The van der Waals surface area contributed by atoms with E-state index in [9.17, 15) is 9.59 Å². The van der Waals surface area contributed by atoms with Crippen molar-refractivity contribution in [3.8, 4) is 0 Å². The quantitative estimate of drug-likeness (QED) is 0.519. The zero-order chi connectivity index (χ0) is 21.4. The Hall–Kier alpha value is -3.60. The number of aryl methyl sites for hydroxylation is 1. The highest BCUT2D eigenvalue weighted by molar-refractivity contribution is 5.94. The number of para-hydroxylation sites is 2. The van der Waals surface area contributed by atoms with Gasteiger partial charge in [-0.1, -0.05) is 36.4 Å². The molecule has 0 saturated heterocycles. The number of hydrogen-bond acceptors (Lipinski definition) is 3. The van der Waals surface area contributed by atoms with Crippen LogP contribution in [-0.2, 0) is 24.3 Å². The maximum atomic E-state index is 12.9. The van der Waals surface area contributed by atoms with Crippen molar-refractivity contribution >= 4 is 33.4 Å². The normalized spacial score (nSPS) is 13.4. The Balaban J connectivity index is 1.41. The Morgan fingerprint density at radius 2 is 1.65 bits per heavy atom. The predicted octanol–water partition coefficient (Wildman–Crippen LogP) is 3.85. The van der Waals surface area contributed by atoms with Gasteiger partial charge in [0.2, 0.25) is 5.91 Å². The molecule has 31 heavy (non-hydrogen) atoms. The minimum absolute atomic E-state index is 0.00175. The van der Waals surface area contributed by atoms with E-state index in [4.69, 9.17) is 0 Å². The van der Waals surface area contributed by atoms with E-state index in [1.165, 1.54) is 11.3 Å². The average Bonchev–Trinajstić information content (AvgIpc) is 2.80. The van der Waals surface area contributed by atoms with E-state index in [2.05, 4.69) is 35.5 Å². The van der Waals surface area contributed by atoms with Gasteiger partial charge in [0.05, 0.1) is 11.0 Å². The zero-order valence-electron chi connectivity index (χ0n) is 17.6. The summed E-state index contributed by atoms with van der Waals surface area (Å²) in [6.45, 7) is 1.74. The van der Waals surface area contributed by atoms with Gasteiger partial charge in [0, 0.05) is 36.6 Å². The number of anilines is 1. The van der Waals surface area contributed by atoms with Crippen molar-refractivity contribution in [1.82, 2.24) is 9.88 Å². The van der Waals surface area contributed by atoms with Crippen molar-refractivity contribution in [2.45, 2.75) is 25.9 Å². The fraction of sp³-hybridized carbons (Fsp3) is 0.231. The SMILES string of the molecule is CN1CCCc2cc(CNC(=O)Cn3c4ccccc4c(=O)c4ccccc43)ccc21. The zero-order valence-corrected chi connectivity index (χ0v) is 17.6. The Morgan fingerprint density at radius 3 is 2.35 bits per heavy atom. The smallest absolute Gasteiger partial charge is 0.240 e. The molecule has 4 aromatic rings. The topological polar surface area (TPSA) is 54.3 Å². The van der Waals surface area contributed by atoms with Crippen LogP contribution in [-0.4, -0.2) is 24.1 Å². The number of aromatic nitrogens is 1. The second-order valence-corrected chi connectivity index (χ2v) is 8.21. The molecule has 0 fully saturated rings. The van der Waals surface area contributed by atoms with Crippen LogP contribution >= 0.6 is 0 Å². The number of amides is 1. The van der Waals surface area contributed by atoms with E-state index in [0.29, 0.717) is 17.3 Å². The van der Waals surface area contributed by atoms with Gasteiger partial charge in [-0.05, 0) is 54.3 Å². The van der Waals surface area contributed by atoms with E-state index < -0.39 is 0 Å². The molecule has 0 unspecified atom stereocenters. The molecule has 0 spiro atoms. The molecular weight excluding hydrogens is 386 g/mol. The Labute approximate surface area is 180 Å². The molecule has 0 aliphatic carbocycles. The van der Waals surface area contributed by atoms with Gasteiger partial charge in [-0.3, -0.25) is 9.59 Å². The van der Waals surface area contributed by atoms with Crippen LogP contribution in [0.1, 0.15) is 17.5 Å². The van der Waals surface area contributed by atoms with E-state index >= 15 is 0 Å². The first-order valence-electron chi connectivity index (χ1n) is 10.7. The van der Waals surface area contributed by atoms with Crippen LogP contribution in [0.3, 0.4) is 0 Å². The lowest BCUT2D eigenvalue weighted by Gasteiger charge is -2.27. The fourth-order valence-electron chi connectivity index (χ4n) is 4.60. The second-order valence-electron chi connectivity index (χ2n) is 8.21. The summed E-state index contributed by atoms with van der Waals surface area (Å²) in [6, 6.07) is 21.4. The summed E-state index contributed by atoms with van der Waals surface area (Å²) in [5.41, 5.74) is 5.29. The van der Waals surface area contributed by atoms with Crippen LogP contribution in [0.5, 0.6) is 0 Å². The molecule has 1 aromatic heterocycles. The number of nitrogens with one attached hydrogen (secondary N) is 1. The molecule has 0 bridgehead atoms. The summed E-state index contributed by atoms with van der Waals surface area (Å²) >= 11 is 0. The van der Waals surface area contributed by atoms with Crippen LogP contribution in [0.2, 0.25) is 0 Å². The molecule has 3 aromatic carbocycles. The minimum atomic E-state index is -0.0752. The first-order chi connectivity index (χ1) is 15.1. The summed E-state index contributed by atoms with van der Waals surface area (Å²) in [7, 11) is 2.12. The third kappa shape index (κ3) is 3.56. The van der Waals surface area contributed by atoms with E-state index in [1.54, 1.807) is 0 Å². The van der Waals surface area contributed by atoms with Gasteiger partial charge in [-0.2, -0.15) is 0 Å². The fourth-order valence-corrected chi connectivity index (χ4v) is 4.60. The Kier molecular flexibility index (Phi) is 4.94. The summed E-state index contributed by atoms with van der Waals surface area (Å²) in [4.78, 5) is 28.0. The van der Waals surface area contributed by atoms with Gasteiger partial charge >= 0.3 is 0 Å². The lowest BCUT2D eigenvalue weighted by atomic mass is 9.99. The number of hydrogen-bond donors (Lipinski definition) is 1. The highest BCUT2D eigenvalue weighted by atomic mass is 16.2. The molecule has 0 radical (unpaired) electrons. The third-order valence-electron chi connectivity index (χ3n) is 6.17. The summed E-state index contributed by atoms with van der Waals surface area (Å²) in [6.07, 6.45) is 2.24. The van der Waals surface area contributed by atoms with Crippen molar-refractivity contribution in [2.75, 3.05) is 18.5 Å². The Morgan fingerprint density at radius 1 is 0.968 bits per heavy atom. The number of rotatable bonds is 4. The molecule has 1 aliphatic heterocycles. The van der Waals surface area contributed by atoms with Gasteiger partial charge in [-0.25, -0.2) is 0 Å². The van der Waals surface area contributed by atoms with Crippen LogP contribution < -0.4 is 15.6 Å². The number of benzene rings is 3. The third-order valence-corrected chi connectivity index (χ3v) is 6.17. The molecule has 156 valence electrons. The predicted molar refractivity (Wildman–Crippen MR) is 126 cm³/mol. The van der Waals surface area contributed by atoms with Crippen molar-refractivity contribution in [2.24, 2.45) is 0 Å². The average molecular weight is 412 g/mol. The molecular formula is C26H25N3O2. The second kappa shape index (κ2) is 7.91. The van der Waals surface area contributed by atoms with Crippen molar-refractivity contribution in [1.29, 1.82) is 0 Å². The van der Waals surface area contributed by atoms with Gasteiger partial charge in [0.1, 0.15) is 6.54 Å². The first-order valence-corrected chi connectivity index (χ1v) is 10.7. The monoisotopic (exact) mass is 411 g/mol. The number of nitrogens with zero attached hydrogens (tertiary/aromatic N) is 2. The molecule has 5 rings (SSSR count). The molecule has 0 saturated carbocycles. The van der Waals surface area contributed by atoms with Gasteiger partial charge in [-0.15, -0.1) is 0 Å². The lowest BCUT2D eigenvalue weighted by molar-refractivity contribution is -0.121. The van der Waals surface area contributed by atoms with Gasteiger partial charge in [0.25, 0.3) is 0 Å². The Bertz CT molecular complexity index is 1300. The van der Waals surface area contributed by atoms with Crippen LogP contribution in [0.4, 0.5) is 5.69 Å². The molecule has 2 heterocycles. The van der Waals surface area contributed by atoms with Crippen molar-refractivity contribution in [3.05, 3.63) is 88.1 Å². The van der Waals surface area contributed by atoms with Crippen LogP contribution in [0, 0.1) is 0 Å². The molecule has 1 amide bonds. The standard InChI is InChI=1S/C26H25N3O2/c1-28-14-6-7-19-15-18(12-13-22(19)28)16-27-25(30)17-29-23-10-4-2-8-20(23)26(31)21-9-3-5-11-24(21)29/h2-5,8-13,15H,6-7,14,16-17H2,1H3,(H,27,30). The summed E-state index contributed by atoms with van der Waals surface area (Å²) in [5, 5.41) is 4.32.